The average molecular weight is 531 g/mol. The highest BCUT2D eigenvalue weighted by Gasteiger charge is 2.53. The maximum atomic E-state index is 15.8. The van der Waals surface area contributed by atoms with Gasteiger partial charge in [0.25, 0.3) is 5.91 Å². The van der Waals surface area contributed by atoms with Crippen LogP contribution in [-0.2, 0) is 9.98 Å². The number of rotatable bonds is 1. The highest BCUT2D eigenvalue weighted by Crippen LogP contribution is 2.52. The quantitative estimate of drug-likeness (QED) is 0.476. The first-order valence-electron chi connectivity index (χ1n) is 12.8. The highest BCUT2D eigenvalue weighted by atomic mass is 32.2. The van der Waals surface area contributed by atoms with Gasteiger partial charge in [0.05, 0.1) is 5.44 Å². The molecule has 3 atom stereocenters. The molecule has 1 amide bonds. The van der Waals surface area contributed by atoms with Gasteiger partial charge >= 0.3 is 0 Å². The molecule has 192 valence electrons. The maximum absolute atomic E-state index is 15.8. The molecule has 0 saturated carbocycles. The summed E-state index contributed by atoms with van der Waals surface area (Å²) in [5.41, 5.74) is -0.204. The fourth-order valence-corrected chi connectivity index (χ4v) is 7.90. The van der Waals surface area contributed by atoms with Gasteiger partial charge in [0.1, 0.15) is 29.7 Å². The Hall–Kier alpha value is -3.14. The van der Waals surface area contributed by atoms with Gasteiger partial charge in [-0.15, -0.1) is 11.8 Å². The van der Waals surface area contributed by atoms with Gasteiger partial charge in [-0.05, 0) is 52.1 Å². The van der Waals surface area contributed by atoms with Gasteiger partial charge in [-0.25, -0.2) is 8.78 Å². The summed E-state index contributed by atoms with van der Waals surface area (Å²) < 4.78 is 31.3. The van der Waals surface area contributed by atoms with Crippen LogP contribution < -0.4 is 10.4 Å². The van der Waals surface area contributed by atoms with Crippen LogP contribution in [0.4, 0.5) is 8.78 Å². The Morgan fingerprint density at radius 1 is 1.03 bits per heavy atom. The monoisotopic (exact) mass is 531 g/mol. The van der Waals surface area contributed by atoms with Crippen LogP contribution >= 0.6 is 11.8 Å². The van der Waals surface area contributed by atoms with Crippen LogP contribution in [0.3, 0.4) is 0 Å². The molecular formula is C26H26B3F2N3O3S. The van der Waals surface area contributed by atoms with Crippen LogP contribution in [0, 0.1) is 17.6 Å². The summed E-state index contributed by atoms with van der Waals surface area (Å²) in [5, 5.41) is 12.8. The summed E-state index contributed by atoms with van der Waals surface area (Å²) in [6.07, 6.45) is 2.54. The molecular weight excluding hydrogens is 505 g/mol. The predicted molar refractivity (Wildman–Crippen MR) is 151 cm³/mol. The van der Waals surface area contributed by atoms with E-state index in [1.165, 1.54) is 24.0 Å². The third-order valence-corrected chi connectivity index (χ3v) is 9.56. The lowest BCUT2D eigenvalue weighted by Crippen LogP contribution is -2.70. The molecule has 38 heavy (non-hydrogen) atoms. The molecule has 12 heteroatoms. The molecule has 0 spiro atoms. The van der Waals surface area contributed by atoms with Gasteiger partial charge in [-0.1, -0.05) is 31.2 Å². The SMILES string of the molecule is BC1(B)Sc2ccccc2[C@](B)(N2[C@@H]3CC[C@@H](C)CN3C(=O)c3c(O)c(=O)ccn32)c2ccc(F)c(F)c21. The standard InChI is InChI=1S/C26H26B3F2N3O3S/c1-13-6-9-19-32(12-13)24(37)22-23(36)17(35)10-11-33(22)34(19)25(27)14-4-2-3-5-18(14)38-26(28,29)20-15(25)7-8-16(30)21(20)31/h2-5,7-8,10-11,13,19,36H,6,9,12,27-29H2,1H3/t13-,19-,25+/m1/s1. The molecule has 3 aliphatic rings. The minimum Gasteiger partial charge on any atom is -0.502 e. The molecule has 1 saturated heterocycles. The van der Waals surface area contributed by atoms with Crippen molar-refractivity contribution < 1.29 is 18.7 Å². The lowest BCUT2D eigenvalue weighted by molar-refractivity contribution is 0.0364. The summed E-state index contributed by atoms with van der Waals surface area (Å²) in [5.74, 6) is -2.63. The molecule has 0 unspecified atom stereocenters. The summed E-state index contributed by atoms with van der Waals surface area (Å²) in [6, 6.07) is 11.8. The normalized spacial score (nSPS) is 25.6. The van der Waals surface area contributed by atoms with Crippen LogP contribution in [0.2, 0.25) is 0 Å². The van der Waals surface area contributed by atoms with Crippen molar-refractivity contribution >= 4 is 41.2 Å². The van der Waals surface area contributed by atoms with E-state index in [-0.39, 0.29) is 17.2 Å². The van der Waals surface area contributed by atoms with Crippen molar-refractivity contribution in [2.45, 2.75) is 40.8 Å². The van der Waals surface area contributed by atoms with Crippen LogP contribution in [0.15, 0.2) is 58.4 Å². The van der Waals surface area contributed by atoms with Crippen LogP contribution in [0.5, 0.6) is 5.75 Å². The molecule has 3 aliphatic heterocycles. The van der Waals surface area contributed by atoms with Crippen molar-refractivity contribution in [2.24, 2.45) is 5.92 Å². The smallest absolute Gasteiger partial charge is 0.278 e. The summed E-state index contributed by atoms with van der Waals surface area (Å²) >= 11 is 1.46. The molecule has 1 N–H and O–H groups in total. The first-order chi connectivity index (χ1) is 18.0. The number of nitrogens with zero attached hydrogens (tertiary/aromatic N) is 3. The number of aromatic hydroxyl groups is 1. The zero-order valence-corrected chi connectivity index (χ0v) is 22.5. The predicted octanol–water partition coefficient (Wildman–Crippen LogP) is 0.999. The first kappa shape index (κ1) is 25.2. The van der Waals surface area contributed by atoms with Crippen molar-refractivity contribution in [2.75, 3.05) is 11.6 Å². The second-order valence-electron chi connectivity index (χ2n) is 11.2. The third-order valence-electron chi connectivity index (χ3n) is 8.27. The Morgan fingerprint density at radius 3 is 2.53 bits per heavy atom. The molecule has 0 bridgehead atoms. The summed E-state index contributed by atoms with van der Waals surface area (Å²) in [7, 11) is 5.72. The molecule has 3 aromatic rings. The maximum Gasteiger partial charge on any atom is 0.278 e. The van der Waals surface area contributed by atoms with E-state index in [1.54, 1.807) is 15.6 Å². The largest absolute Gasteiger partial charge is 0.502 e. The van der Waals surface area contributed by atoms with Crippen molar-refractivity contribution in [1.82, 2.24) is 9.58 Å². The van der Waals surface area contributed by atoms with Gasteiger partial charge in [-0.3, -0.25) is 19.3 Å². The van der Waals surface area contributed by atoms with Crippen molar-refractivity contribution in [3.63, 3.8) is 0 Å². The number of amides is 1. The zero-order valence-electron chi connectivity index (χ0n) is 21.7. The van der Waals surface area contributed by atoms with Gasteiger partial charge in [-0.2, -0.15) is 0 Å². The van der Waals surface area contributed by atoms with Gasteiger partial charge in [0, 0.05) is 23.7 Å². The van der Waals surface area contributed by atoms with E-state index in [4.69, 9.17) is 0 Å². The van der Waals surface area contributed by atoms with E-state index in [2.05, 4.69) is 6.92 Å². The molecule has 6 rings (SSSR count). The second-order valence-corrected chi connectivity index (χ2v) is 12.8. The number of carbonyl (C=O) groups excluding carboxylic acids is 1. The van der Waals surface area contributed by atoms with Crippen molar-refractivity contribution in [3.8, 4) is 5.75 Å². The number of aromatic nitrogens is 1. The van der Waals surface area contributed by atoms with E-state index in [0.717, 1.165) is 22.9 Å². The number of fused-ring (bicyclic) bond motifs is 4. The van der Waals surface area contributed by atoms with E-state index < -0.39 is 44.9 Å². The lowest BCUT2D eigenvalue weighted by atomic mass is 9.58. The van der Waals surface area contributed by atoms with E-state index >= 15 is 4.39 Å². The van der Waals surface area contributed by atoms with E-state index in [1.807, 2.05) is 52.8 Å². The number of thioether (sulfide) groups is 1. The molecule has 1 aromatic heterocycles. The minimum atomic E-state index is -1.11. The van der Waals surface area contributed by atoms with Crippen molar-refractivity contribution in [1.29, 1.82) is 0 Å². The Kier molecular flexibility index (Phi) is 5.58. The molecule has 6 nitrogen and oxygen atoms in total. The topological polar surface area (TPSA) is 65.8 Å². The fourth-order valence-electron chi connectivity index (χ4n) is 6.52. The van der Waals surface area contributed by atoms with E-state index in [9.17, 15) is 19.1 Å². The Balaban J connectivity index is 1.75. The Morgan fingerprint density at radius 2 is 1.76 bits per heavy atom. The number of benzene rings is 2. The van der Waals surface area contributed by atoms with Crippen LogP contribution in [0.1, 0.15) is 46.9 Å². The molecule has 0 aliphatic carbocycles. The molecule has 2 aromatic carbocycles. The number of hydrogen-bond acceptors (Lipinski definition) is 5. The Labute approximate surface area is 226 Å². The second kappa shape index (κ2) is 8.43. The molecule has 0 radical (unpaired) electrons. The number of halogens is 2. The first-order valence-corrected chi connectivity index (χ1v) is 13.6. The zero-order chi connectivity index (χ0) is 27.1. The molecule has 4 heterocycles. The highest BCUT2D eigenvalue weighted by molar-refractivity contribution is 8.02. The van der Waals surface area contributed by atoms with Crippen LogP contribution in [0.25, 0.3) is 0 Å². The number of hydrogen-bond donors (Lipinski definition) is 1. The lowest BCUT2D eigenvalue weighted by Gasteiger charge is -2.57. The summed E-state index contributed by atoms with van der Waals surface area (Å²) in [4.78, 5) is 28.8. The number of pyridine rings is 1. The van der Waals surface area contributed by atoms with Gasteiger partial charge < -0.3 is 10.0 Å². The number of carbonyl (C=O) groups is 1. The Bertz CT molecular complexity index is 1570. The fraction of sp³-hybridized carbons (Fsp3) is 0.308. The molecule has 1 fully saturated rings. The average Bonchev–Trinajstić information content (AvgIpc) is 2.95. The third kappa shape index (κ3) is 3.35. The van der Waals surface area contributed by atoms with E-state index in [0.29, 0.717) is 18.5 Å². The number of piperidine rings is 1. The van der Waals surface area contributed by atoms with Gasteiger partial charge in [0.15, 0.2) is 23.1 Å². The summed E-state index contributed by atoms with van der Waals surface area (Å²) in [6.45, 7) is 2.51. The van der Waals surface area contributed by atoms with Crippen LogP contribution in [-0.4, -0.2) is 56.8 Å². The minimum absolute atomic E-state index is 0.123. The van der Waals surface area contributed by atoms with Crippen molar-refractivity contribution in [3.05, 3.63) is 92.9 Å². The van der Waals surface area contributed by atoms with Gasteiger partial charge in [0.2, 0.25) is 5.43 Å².